The molecule has 1 saturated heterocycles. The standard InChI is InChI=1S/C16H18N6/c17-16-20-14-13(18-10-19-14)15(21-16)22-7-6-12(9-22)8-11-4-2-1-3-5-11/h1-5,10,12H,6-9H2,(H3,17,18,19,20,21). The van der Waals surface area contributed by atoms with Gasteiger partial charge in [-0.1, -0.05) is 30.3 Å². The van der Waals surface area contributed by atoms with E-state index in [4.69, 9.17) is 5.73 Å². The van der Waals surface area contributed by atoms with Gasteiger partial charge < -0.3 is 15.6 Å². The molecule has 22 heavy (non-hydrogen) atoms. The highest BCUT2D eigenvalue weighted by molar-refractivity contribution is 5.84. The summed E-state index contributed by atoms with van der Waals surface area (Å²) in [6.45, 7) is 1.97. The molecule has 3 N–H and O–H groups in total. The molecule has 0 spiro atoms. The Labute approximate surface area is 128 Å². The van der Waals surface area contributed by atoms with Crippen molar-refractivity contribution in [3.63, 3.8) is 0 Å². The normalized spacial score (nSPS) is 18.2. The van der Waals surface area contributed by atoms with Crippen molar-refractivity contribution in [2.75, 3.05) is 23.7 Å². The van der Waals surface area contributed by atoms with Gasteiger partial charge in [0.2, 0.25) is 5.95 Å². The highest BCUT2D eigenvalue weighted by atomic mass is 15.2. The molecule has 0 saturated carbocycles. The van der Waals surface area contributed by atoms with E-state index in [1.165, 1.54) is 5.56 Å². The quantitative estimate of drug-likeness (QED) is 0.772. The zero-order valence-electron chi connectivity index (χ0n) is 12.2. The first-order chi connectivity index (χ1) is 10.8. The minimum Gasteiger partial charge on any atom is -0.368 e. The molecule has 1 aliphatic heterocycles. The van der Waals surface area contributed by atoms with Crippen molar-refractivity contribution >= 4 is 22.9 Å². The van der Waals surface area contributed by atoms with Crippen LogP contribution in [0.4, 0.5) is 11.8 Å². The Kier molecular flexibility index (Phi) is 3.14. The maximum atomic E-state index is 5.81. The van der Waals surface area contributed by atoms with Gasteiger partial charge in [0.05, 0.1) is 6.33 Å². The monoisotopic (exact) mass is 294 g/mol. The molecule has 0 aliphatic carbocycles. The van der Waals surface area contributed by atoms with E-state index in [0.29, 0.717) is 11.6 Å². The van der Waals surface area contributed by atoms with Crippen molar-refractivity contribution in [3.05, 3.63) is 42.2 Å². The van der Waals surface area contributed by atoms with Gasteiger partial charge in [-0.05, 0) is 24.3 Å². The molecule has 6 heteroatoms. The van der Waals surface area contributed by atoms with Gasteiger partial charge in [0.25, 0.3) is 0 Å². The first-order valence-corrected chi connectivity index (χ1v) is 7.55. The number of H-pyrrole nitrogens is 1. The van der Waals surface area contributed by atoms with Crippen LogP contribution in [0.1, 0.15) is 12.0 Å². The molecule has 112 valence electrons. The molecule has 1 aliphatic rings. The van der Waals surface area contributed by atoms with Gasteiger partial charge >= 0.3 is 0 Å². The van der Waals surface area contributed by atoms with Crippen LogP contribution in [0.2, 0.25) is 0 Å². The van der Waals surface area contributed by atoms with Gasteiger partial charge in [-0.3, -0.25) is 0 Å². The summed E-state index contributed by atoms with van der Waals surface area (Å²) in [5.41, 5.74) is 8.70. The third-order valence-corrected chi connectivity index (χ3v) is 4.24. The minimum absolute atomic E-state index is 0.279. The molecule has 3 heterocycles. The maximum absolute atomic E-state index is 5.81. The summed E-state index contributed by atoms with van der Waals surface area (Å²) in [7, 11) is 0. The van der Waals surface area contributed by atoms with Crippen molar-refractivity contribution in [1.29, 1.82) is 0 Å². The molecule has 1 atom stereocenters. The summed E-state index contributed by atoms with van der Waals surface area (Å²) in [5, 5.41) is 0. The second-order valence-electron chi connectivity index (χ2n) is 5.80. The first kappa shape index (κ1) is 13.1. The summed E-state index contributed by atoms with van der Waals surface area (Å²) in [4.78, 5) is 18.2. The summed E-state index contributed by atoms with van der Waals surface area (Å²) in [6.07, 6.45) is 3.90. The average molecular weight is 294 g/mol. The number of rotatable bonds is 3. The largest absolute Gasteiger partial charge is 0.368 e. The number of imidazole rings is 1. The van der Waals surface area contributed by atoms with Crippen LogP contribution in [0, 0.1) is 5.92 Å². The van der Waals surface area contributed by atoms with E-state index >= 15 is 0 Å². The minimum atomic E-state index is 0.279. The number of aromatic nitrogens is 4. The van der Waals surface area contributed by atoms with Crippen LogP contribution in [0.5, 0.6) is 0 Å². The SMILES string of the molecule is Nc1nc(N2CCC(Cc3ccccc3)C2)c2[nH]cnc2n1. The summed E-state index contributed by atoms with van der Waals surface area (Å²) < 4.78 is 0. The lowest BCUT2D eigenvalue weighted by molar-refractivity contribution is 0.586. The van der Waals surface area contributed by atoms with Gasteiger partial charge in [0.15, 0.2) is 11.5 Å². The fraction of sp³-hybridized carbons (Fsp3) is 0.312. The molecular weight excluding hydrogens is 276 g/mol. The zero-order valence-corrected chi connectivity index (χ0v) is 12.2. The maximum Gasteiger partial charge on any atom is 0.224 e. The second-order valence-corrected chi connectivity index (χ2v) is 5.80. The Balaban J connectivity index is 1.56. The summed E-state index contributed by atoms with van der Waals surface area (Å²) in [6, 6.07) is 10.6. The molecule has 6 nitrogen and oxygen atoms in total. The predicted octanol–water partition coefficient (Wildman–Crippen LogP) is 2.00. The third kappa shape index (κ3) is 2.36. The van der Waals surface area contributed by atoms with Crippen molar-refractivity contribution in [3.8, 4) is 0 Å². The lowest BCUT2D eigenvalue weighted by Gasteiger charge is -2.18. The third-order valence-electron chi connectivity index (χ3n) is 4.24. The van der Waals surface area contributed by atoms with Crippen LogP contribution in [0.15, 0.2) is 36.7 Å². The fourth-order valence-electron chi connectivity index (χ4n) is 3.20. The number of nitrogens with zero attached hydrogens (tertiary/aromatic N) is 4. The Morgan fingerprint density at radius 2 is 2.09 bits per heavy atom. The summed E-state index contributed by atoms with van der Waals surface area (Å²) >= 11 is 0. The molecule has 1 unspecified atom stereocenters. The number of fused-ring (bicyclic) bond motifs is 1. The van der Waals surface area contributed by atoms with E-state index in [9.17, 15) is 0 Å². The molecular formula is C16H18N6. The Hall–Kier alpha value is -2.63. The predicted molar refractivity (Wildman–Crippen MR) is 86.6 cm³/mol. The van der Waals surface area contributed by atoms with Crippen molar-refractivity contribution < 1.29 is 0 Å². The van der Waals surface area contributed by atoms with Gasteiger partial charge in [-0.2, -0.15) is 9.97 Å². The average Bonchev–Trinajstić information content (AvgIpc) is 3.16. The molecule has 1 aromatic carbocycles. The van der Waals surface area contributed by atoms with E-state index in [1.54, 1.807) is 6.33 Å². The van der Waals surface area contributed by atoms with E-state index in [-0.39, 0.29) is 5.95 Å². The molecule has 0 amide bonds. The fourth-order valence-corrected chi connectivity index (χ4v) is 3.20. The van der Waals surface area contributed by atoms with Gasteiger partial charge in [0.1, 0.15) is 5.52 Å². The van der Waals surface area contributed by atoms with E-state index in [1.807, 2.05) is 0 Å². The number of nitrogen functional groups attached to an aromatic ring is 1. The van der Waals surface area contributed by atoms with E-state index in [2.05, 4.69) is 55.2 Å². The number of anilines is 2. The van der Waals surface area contributed by atoms with Crippen LogP contribution >= 0.6 is 0 Å². The van der Waals surface area contributed by atoms with Gasteiger partial charge in [-0.25, -0.2) is 4.98 Å². The number of nitrogens with two attached hydrogens (primary N) is 1. The molecule has 4 rings (SSSR count). The topological polar surface area (TPSA) is 83.7 Å². The van der Waals surface area contributed by atoms with E-state index < -0.39 is 0 Å². The van der Waals surface area contributed by atoms with Crippen molar-refractivity contribution in [2.45, 2.75) is 12.8 Å². The van der Waals surface area contributed by atoms with Crippen LogP contribution in [0.25, 0.3) is 11.2 Å². The lowest BCUT2D eigenvalue weighted by Crippen LogP contribution is -2.22. The highest BCUT2D eigenvalue weighted by Gasteiger charge is 2.26. The van der Waals surface area contributed by atoms with Gasteiger partial charge in [-0.15, -0.1) is 0 Å². The Bertz CT molecular complexity index is 782. The van der Waals surface area contributed by atoms with E-state index in [0.717, 1.165) is 37.3 Å². The van der Waals surface area contributed by atoms with Crippen LogP contribution in [-0.4, -0.2) is 33.0 Å². The smallest absolute Gasteiger partial charge is 0.224 e. The molecule has 1 fully saturated rings. The van der Waals surface area contributed by atoms with Crippen molar-refractivity contribution in [2.24, 2.45) is 5.92 Å². The number of benzene rings is 1. The summed E-state index contributed by atoms with van der Waals surface area (Å²) in [5.74, 6) is 1.79. The van der Waals surface area contributed by atoms with Gasteiger partial charge in [0, 0.05) is 13.1 Å². The highest BCUT2D eigenvalue weighted by Crippen LogP contribution is 2.29. The number of hydrogen-bond acceptors (Lipinski definition) is 5. The van der Waals surface area contributed by atoms with Crippen LogP contribution < -0.4 is 10.6 Å². The number of nitrogens with one attached hydrogen (secondary N) is 1. The number of aromatic amines is 1. The molecule has 3 aromatic rings. The Morgan fingerprint density at radius 3 is 2.95 bits per heavy atom. The number of hydrogen-bond donors (Lipinski definition) is 2. The molecule has 2 aromatic heterocycles. The molecule has 0 bridgehead atoms. The van der Waals surface area contributed by atoms with Crippen LogP contribution in [0.3, 0.4) is 0 Å². The first-order valence-electron chi connectivity index (χ1n) is 7.55. The second kappa shape index (κ2) is 5.29. The lowest BCUT2D eigenvalue weighted by atomic mass is 9.99. The molecule has 0 radical (unpaired) electrons. The van der Waals surface area contributed by atoms with Crippen molar-refractivity contribution in [1.82, 2.24) is 19.9 Å². The Morgan fingerprint density at radius 1 is 1.23 bits per heavy atom. The zero-order chi connectivity index (χ0) is 14.9. The van der Waals surface area contributed by atoms with Crippen LogP contribution in [-0.2, 0) is 6.42 Å².